The average Bonchev–Trinajstić information content (AvgIpc) is 2.68. The Morgan fingerprint density at radius 2 is 1.59 bits per heavy atom. The van der Waals surface area contributed by atoms with Gasteiger partial charge < -0.3 is 25.4 Å². The molecule has 0 heterocycles. The van der Waals surface area contributed by atoms with Crippen LogP contribution in [0.15, 0.2) is 36.4 Å². The lowest BCUT2D eigenvalue weighted by atomic mass is 10.1. The van der Waals surface area contributed by atoms with Crippen molar-refractivity contribution in [2.24, 2.45) is 0 Å². The lowest BCUT2D eigenvalue weighted by Crippen LogP contribution is -2.22. The van der Waals surface area contributed by atoms with Crippen molar-refractivity contribution < 1.29 is 19.1 Å². The van der Waals surface area contributed by atoms with E-state index in [0.29, 0.717) is 35.0 Å². The third-order valence-corrected chi connectivity index (χ3v) is 4.05. The lowest BCUT2D eigenvalue weighted by molar-refractivity contribution is -0.116. The number of rotatable bonds is 8. The third-order valence-electron chi connectivity index (χ3n) is 4.05. The molecule has 2 aromatic carbocycles. The Balaban J connectivity index is 2.04. The van der Waals surface area contributed by atoms with Gasteiger partial charge in [0.05, 0.1) is 26.5 Å². The fourth-order valence-corrected chi connectivity index (χ4v) is 2.47. The summed E-state index contributed by atoms with van der Waals surface area (Å²) in [5, 5.41) is 8.72. The SMILES string of the molecule is CCC(=O)Nc1cccc(NC(=O)CNc2cc(OC)ccc2OC)c1C. The van der Waals surface area contributed by atoms with E-state index in [2.05, 4.69) is 16.0 Å². The van der Waals surface area contributed by atoms with Gasteiger partial charge in [-0.3, -0.25) is 9.59 Å². The Labute approximate surface area is 159 Å². The molecule has 0 saturated heterocycles. The van der Waals surface area contributed by atoms with Crippen LogP contribution in [0.4, 0.5) is 17.1 Å². The van der Waals surface area contributed by atoms with Gasteiger partial charge in [0.2, 0.25) is 11.8 Å². The normalized spacial score (nSPS) is 10.1. The summed E-state index contributed by atoms with van der Waals surface area (Å²) in [6.45, 7) is 3.68. The van der Waals surface area contributed by atoms with Gasteiger partial charge in [0.1, 0.15) is 11.5 Å². The molecule has 7 heteroatoms. The van der Waals surface area contributed by atoms with E-state index in [4.69, 9.17) is 9.47 Å². The first kappa shape index (κ1) is 20.1. The zero-order valence-corrected chi connectivity index (χ0v) is 16.0. The first-order valence-corrected chi connectivity index (χ1v) is 8.63. The van der Waals surface area contributed by atoms with Crippen molar-refractivity contribution in [3.63, 3.8) is 0 Å². The number of nitrogens with one attached hydrogen (secondary N) is 3. The molecule has 0 unspecified atom stereocenters. The second kappa shape index (κ2) is 9.47. The number of carbonyl (C=O) groups excluding carboxylic acids is 2. The van der Waals surface area contributed by atoms with Gasteiger partial charge in [-0.2, -0.15) is 0 Å². The third kappa shape index (κ3) is 5.37. The molecule has 7 nitrogen and oxygen atoms in total. The summed E-state index contributed by atoms with van der Waals surface area (Å²) in [5.74, 6) is 0.980. The summed E-state index contributed by atoms with van der Waals surface area (Å²) in [6.07, 6.45) is 0.391. The van der Waals surface area contributed by atoms with Crippen LogP contribution in [0.1, 0.15) is 18.9 Å². The van der Waals surface area contributed by atoms with E-state index in [9.17, 15) is 9.59 Å². The van der Waals surface area contributed by atoms with Crippen LogP contribution in [-0.2, 0) is 9.59 Å². The van der Waals surface area contributed by atoms with Gasteiger partial charge in [0.25, 0.3) is 0 Å². The Hall–Kier alpha value is -3.22. The minimum Gasteiger partial charge on any atom is -0.497 e. The summed E-state index contributed by atoms with van der Waals surface area (Å²) < 4.78 is 10.5. The summed E-state index contributed by atoms with van der Waals surface area (Å²) in [4.78, 5) is 24.0. The van der Waals surface area contributed by atoms with E-state index >= 15 is 0 Å². The molecule has 2 aromatic rings. The van der Waals surface area contributed by atoms with Crippen LogP contribution in [-0.4, -0.2) is 32.6 Å². The van der Waals surface area contributed by atoms with Crippen molar-refractivity contribution >= 4 is 28.9 Å². The Morgan fingerprint density at radius 1 is 0.926 bits per heavy atom. The predicted molar refractivity (Wildman–Crippen MR) is 107 cm³/mol. The molecule has 3 N–H and O–H groups in total. The summed E-state index contributed by atoms with van der Waals surface area (Å²) >= 11 is 0. The second-order valence-corrected chi connectivity index (χ2v) is 5.85. The highest BCUT2D eigenvalue weighted by atomic mass is 16.5. The highest BCUT2D eigenvalue weighted by Crippen LogP contribution is 2.29. The molecule has 0 aliphatic rings. The molecule has 0 aromatic heterocycles. The van der Waals surface area contributed by atoms with Crippen molar-refractivity contribution in [2.75, 3.05) is 36.7 Å². The summed E-state index contributed by atoms with van der Waals surface area (Å²) in [5.41, 5.74) is 2.79. The minimum absolute atomic E-state index is 0.0501. The van der Waals surface area contributed by atoms with Crippen LogP contribution >= 0.6 is 0 Å². The molecule has 0 radical (unpaired) electrons. The van der Waals surface area contributed by atoms with Crippen LogP contribution in [0.3, 0.4) is 0 Å². The number of amides is 2. The van der Waals surface area contributed by atoms with Crippen molar-refractivity contribution in [3.05, 3.63) is 42.0 Å². The second-order valence-electron chi connectivity index (χ2n) is 5.85. The quantitative estimate of drug-likeness (QED) is 0.662. The molecule has 144 valence electrons. The standard InChI is InChI=1S/C20H25N3O4/c1-5-19(24)22-15-7-6-8-16(13(15)2)23-20(25)12-21-17-11-14(26-3)9-10-18(17)27-4/h6-11,21H,5,12H2,1-4H3,(H,22,24)(H,23,25). The number of hydrogen-bond donors (Lipinski definition) is 3. The van der Waals surface area contributed by atoms with Gasteiger partial charge >= 0.3 is 0 Å². The van der Waals surface area contributed by atoms with Crippen molar-refractivity contribution in [3.8, 4) is 11.5 Å². The first-order valence-electron chi connectivity index (χ1n) is 8.63. The highest BCUT2D eigenvalue weighted by molar-refractivity contribution is 5.97. The van der Waals surface area contributed by atoms with Crippen LogP contribution in [0.5, 0.6) is 11.5 Å². The molecule has 0 saturated carbocycles. The maximum absolute atomic E-state index is 12.3. The van der Waals surface area contributed by atoms with Crippen molar-refractivity contribution in [2.45, 2.75) is 20.3 Å². The van der Waals surface area contributed by atoms with Gasteiger partial charge in [-0.1, -0.05) is 13.0 Å². The molecule has 0 bridgehead atoms. The van der Waals surface area contributed by atoms with E-state index in [1.54, 1.807) is 57.5 Å². The Morgan fingerprint density at radius 3 is 2.19 bits per heavy atom. The molecule has 0 fully saturated rings. The zero-order chi connectivity index (χ0) is 19.8. The fraction of sp³-hybridized carbons (Fsp3) is 0.300. The summed E-state index contributed by atoms with van der Waals surface area (Å²) in [6, 6.07) is 10.7. The van der Waals surface area contributed by atoms with E-state index < -0.39 is 0 Å². The number of hydrogen-bond acceptors (Lipinski definition) is 5. The predicted octanol–water partition coefficient (Wildman–Crippen LogP) is 3.41. The van der Waals surface area contributed by atoms with E-state index in [0.717, 1.165) is 5.56 Å². The zero-order valence-electron chi connectivity index (χ0n) is 16.0. The number of methoxy groups -OCH3 is 2. The van der Waals surface area contributed by atoms with Gasteiger partial charge in [-0.15, -0.1) is 0 Å². The molecule has 2 amide bonds. The van der Waals surface area contributed by atoms with E-state index in [-0.39, 0.29) is 18.4 Å². The maximum atomic E-state index is 12.3. The first-order chi connectivity index (χ1) is 13.0. The van der Waals surface area contributed by atoms with Gasteiger partial charge in [0.15, 0.2) is 0 Å². The molecule has 27 heavy (non-hydrogen) atoms. The number of ether oxygens (including phenoxy) is 2. The lowest BCUT2D eigenvalue weighted by Gasteiger charge is -2.15. The Bertz CT molecular complexity index is 821. The maximum Gasteiger partial charge on any atom is 0.243 e. The minimum atomic E-state index is -0.220. The van der Waals surface area contributed by atoms with E-state index in [1.165, 1.54) is 0 Å². The molecular weight excluding hydrogens is 346 g/mol. The summed E-state index contributed by atoms with van der Waals surface area (Å²) in [7, 11) is 3.14. The van der Waals surface area contributed by atoms with Crippen LogP contribution in [0, 0.1) is 6.92 Å². The molecule has 0 aliphatic carbocycles. The monoisotopic (exact) mass is 371 g/mol. The van der Waals surface area contributed by atoms with E-state index in [1.807, 2.05) is 6.92 Å². The van der Waals surface area contributed by atoms with Crippen LogP contribution in [0.2, 0.25) is 0 Å². The smallest absolute Gasteiger partial charge is 0.243 e. The molecule has 0 aliphatic heterocycles. The Kier molecular flexibility index (Phi) is 7.05. The van der Waals surface area contributed by atoms with Gasteiger partial charge in [0, 0.05) is 23.9 Å². The fourth-order valence-electron chi connectivity index (χ4n) is 2.47. The topological polar surface area (TPSA) is 88.7 Å². The number of carbonyl (C=O) groups is 2. The number of benzene rings is 2. The molecule has 2 rings (SSSR count). The van der Waals surface area contributed by atoms with Crippen LogP contribution in [0.25, 0.3) is 0 Å². The number of anilines is 3. The average molecular weight is 371 g/mol. The van der Waals surface area contributed by atoms with Crippen molar-refractivity contribution in [1.82, 2.24) is 0 Å². The van der Waals surface area contributed by atoms with Gasteiger partial charge in [-0.25, -0.2) is 0 Å². The van der Waals surface area contributed by atoms with Crippen molar-refractivity contribution in [1.29, 1.82) is 0 Å². The molecular formula is C20H25N3O4. The largest absolute Gasteiger partial charge is 0.497 e. The highest BCUT2D eigenvalue weighted by Gasteiger charge is 2.11. The molecule has 0 atom stereocenters. The molecule has 0 spiro atoms. The van der Waals surface area contributed by atoms with Gasteiger partial charge in [-0.05, 0) is 36.8 Å². The van der Waals surface area contributed by atoms with Crippen LogP contribution < -0.4 is 25.4 Å².